The van der Waals surface area contributed by atoms with Crippen LogP contribution in [0.2, 0.25) is 0 Å². The molecule has 0 spiro atoms. The summed E-state index contributed by atoms with van der Waals surface area (Å²) in [5.41, 5.74) is 0. The average Bonchev–Trinajstić information content (AvgIpc) is 2.69. The van der Waals surface area contributed by atoms with Crippen LogP contribution in [-0.4, -0.2) is 127 Å². The summed E-state index contributed by atoms with van der Waals surface area (Å²) in [6.45, 7) is 19.9. The van der Waals surface area contributed by atoms with Crippen molar-refractivity contribution in [1.29, 1.82) is 0 Å². The van der Waals surface area contributed by atoms with Gasteiger partial charge in [0, 0.05) is 65.0 Å². The second-order valence-electron chi connectivity index (χ2n) is 13.3. The van der Waals surface area contributed by atoms with Crippen molar-refractivity contribution in [2.45, 2.75) is 115 Å². The third-order valence-electron chi connectivity index (χ3n) is 7.25. The van der Waals surface area contributed by atoms with Crippen molar-refractivity contribution in [2.75, 3.05) is 109 Å². The Morgan fingerprint density at radius 2 is 0.707 bits per heavy atom. The molecule has 0 radical (unpaired) electrons. The zero-order valence-electron chi connectivity index (χ0n) is 27.5. The van der Waals surface area contributed by atoms with Crippen molar-refractivity contribution in [3.05, 3.63) is 0 Å². The molecule has 0 amide bonds. The molecule has 0 N–H and O–H groups in total. The molecule has 0 atom stereocenters. The molecule has 0 unspecified atom stereocenters. The minimum Gasteiger partial charge on any atom is -1.00 e. The molecular weight excluding hydrogens is 945 g/mol. The summed E-state index contributed by atoms with van der Waals surface area (Å²) in [4.78, 5) is 0. The fourth-order valence-electron chi connectivity index (χ4n) is 4.57. The first-order valence-electron chi connectivity index (χ1n) is 14.4. The second-order valence-corrected chi connectivity index (χ2v) is 13.3. The minimum absolute atomic E-state index is 0. The molecule has 0 aliphatic carbocycles. The Morgan fingerprint density at radius 1 is 0.390 bits per heavy atom. The van der Waals surface area contributed by atoms with Gasteiger partial charge in [0.05, 0.1) is 109 Å². The number of halogens is 2. The number of nitrogens with zero attached hydrogens (tertiary/aromatic N) is 4. The number of hydrogen-bond donors (Lipinski definition) is 0. The largest absolute Gasteiger partial charge is 1.00 e. The summed E-state index contributed by atoms with van der Waals surface area (Å²) in [6.07, 6.45) is 12.4. The van der Waals surface area contributed by atoms with Crippen LogP contribution in [0.3, 0.4) is 0 Å². The van der Waals surface area contributed by atoms with Crippen LogP contribution in [0.4, 0.5) is 0 Å². The maximum atomic E-state index is 2.38. The molecule has 4 nitrogen and oxygen atoms in total. The molecule has 0 rings (SSSR count). The van der Waals surface area contributed by atoms with Gasteiger partial charge in [-0.25, -0.2) is 0 Å². The van der Waals surface area contributed by atoms with Crippen LogP contribution in [0.1, 0.15) is 115 Å². The van der Waals surface area contributed by atoms with E-state index in [9.17, 15) is 0 Å². The number of quaternary nitrogens is 4. The predicted octanol–water partition coefficient (Wildman–Crippen LogP) is 2.42. The van der Waals surface area contributed by atoms with Crippen LogP contribution in [0.15, 0.2) is 0 Å². The fraction of sp³-hybridized carbons (Fsp3) is 1.00. The van der Waals surface area contributed by atoms with Gasteiger partial charge in [0.2, 0.25) is 0 Å². The molecule has 0 fully saturated rings. The van der Waals surface area contributed by atoms with E-state index >= 15 is 0 Å². The van der Waals surface area contributed by atoms with Gasteiger partial charge in [0.25, 0.3) is 0 Å². The van der Waals surface area contributed by atoms with Gasteiger partial charge >= 0.3 is 0 Å². The monoisotopic (exact) mass is 1030 g/mol. The normalized spacial score (nSPS) is 10.5. The van der Waals surface area contributed by atoms with E-state index in [-0.39, 0.29) is 107 Å². The van der Waals surface area contributed by atoms with Crippen LogP contribution < -0.4 is 24.8 Å². The molecule has 0 aliphatic heterocycles. The summed E-state index contributed by atoms with van der Waals surface area (Å²) < 4.78 is 4.72. The first-order valence-corrected chi connectivity index (χ1v) is 14.4. The van der Waals surface area contributed by atoms with E-state index in [1.54, 1.807) is 0 Å². The quantitative estimate of drug-likeness (QED) is 0.138. The van der Waals surface area contributed by atoms with Crippen LogP contribution in [0.5, 0.6) is 0 Å². The third kappa shape index (κ3) is 49.2. The Bertz CT molecular complexity index is 453. The maximum absolute atomic E-state index is 2.38. The second kappa shape index (κ2) is 38.3. The van der Waals surface area contributed by atoms with Crippen molar-refractivity contribution in [3.8, 4) is 0 Å². The van der Waals surface area contributed by atoms with E-state index in [0.29, 0.717) is 0 Å². The van der Waals surface area contributed by atoms with Crippen LogP contribution in [0.25, 0.3) is 0 Å². The first kappa shape index (κ1) is 69.8. The SMILES string of the molecule is C.C.C.C.CCCCCCC[N+](C)(C)CCC[N+](C)(C)C.CCCC[N+](CC)(CC)CCC[N+](C)(C)C.[Cl-].[Cl-].[U].[W]. The molecule has 0 aromatic heterocycles. The summed E-state index contributed by atoms with van der Waals surface area (Å²) in [7, 11) is 18.5. The van der Waals surface area contributed by atoms with E-state index in [1.807, 2.05) is 0 Å². The van der Waals surface area contributed by atoms with Gasteiger partial charge in [-0.1, -0.05) is 69.2 Å². The molecule has 0 aromatic rings. The van der Waals surface area contributed by atoms with Gasteiger partial charge in [0.1, 0.15) is 0 Å². The van der Waals surface area contributed by atoms with Crippen molar-refractivity contribution < 1.29 is 94.9 Å². The Morgan fingerprint density at radius 3 is 1.05 bits per heavy atom. The van der Waals surface area contributed by atoms with Gasteiger partial charge in [-0.05, 0) is 33.1 Å². The molecule has 260 valence electrons. The minimum atomic E-state index is 0. The molecule has 41 heavy (non-hydrogen) atoms. The smallest absolute Gasteiger partial charge is 0.0840 e. The molecule has 8 heteroatoms. The zero-order valence-corrected chi connectivity index (χ0v) is 36.1. The summed E-state index contributed by atoms with van der Waals surface area (Å²) >= 11 is 0. The van der Waals surface area contributed by atoms with Crippen LogP contribution in [-0.2, 0) is 21.1 Å². The molecule has 0 bridgehead atoms. The van der Waals surface area contributed by atoms with Gasteiger partial charge in [0.15, 0.2) is 0 Å². The number of unbranched alkanes of at least 4 members (excludes halogenated alkanes) is 5. The molecule has 0 saturated carbocycles. The van der Waals surface area contributed by atoms with Gasteiger partial charge in [-0.3, -0.25) is 0 Å². The van der Waals surface area contributed by atoms with Crippen molar-refractivity contribution in [2.24, 2.45) is 0 Å². The Kier molecular flexibility index (Phi) is 65.2. The van der Waals surface area contributed by atoms with Gasteiger partial charge in [-0.15, -0.1) is 0 Å². The van der Waals surface area contributed by atoms with E-state index < -0.39 is 0 Å². The Labute approximate surface area is 316 Å². The predicted molar refractivity (Wildman–Crippen MR) is 179 cm³/mol. The van der Waals surface area contributed by atoms with E-state index in [2.05, 4.69) is 84.1 Å². The van der Waals surface area contributed by atoms with E-state index in [4.69, 9.17) is 0 Å². The topological polar surface area (TPSA) is 0 Å². The average molecular weight is 1030 g/mol. The Balaban J connectivity index is -0.0000000491. The van der Waals surface area contributed by atoms with E-state index in [1.165, 1.54) is 119 Å². The number of rotatable bonds is 19. The van der Waals surface area contributed by atoms with Crippen molar-refractivity contribution >= 4 is 0 Å². The summed E-state index contributed by atoms with van der Waals surface area (Å²) in [6, 6.07) is 0. The molecule has 0 aliphatic rings. The van der Waals surface area contributed by atoms with E-state index in [0.717, 1.165) is 8.97 Å². The van der Waals surface area contributed by atoms with Gasteiger partial charge < -0.3 is 42.7 Å². The summed E-state index contributed by atoms with van der Waals surface area (Å²) in [5, 5.41) is 0. The maximum Gasteiger partial charge on any atom is 0.0840 e. The standard InChI is InChI=1S/C15H36N2.C14H34N2.4CH4.2ClH.U.W/c1-7-8-9-10-11-14-17(5,6)15-12-13-16(2,3)4;1-7-10-13-16(8-2,9-3)14-11-12-15(4,5)6;;;;;;;;/h7-15H2,1-6H3;7-14H2,1-6H3;4*1H4;2*1H;;/q2*+2;;;;;;;;/p-2. The fourth-order valence-corrected chi connectivity index (χ4v) is 4.57. The van der Waals surface area contributed by atoms with Gasteiger partial charge in [-0.2, -0.15) is 0 Å². The van der Waals surface area contributed by atoms with Crippen LogP contribution >= 0.6 is 0 Å². The number of hydrogen-bond acceptors (Lipinski definition) is 0. The third-order valence-corrected chi connectivity index (χ3v) is 7.25. The molecule has 0 saturated heterocycles. The molecule has 0 heterocycles. The van der Waals surface area contributed by atoms with Crippen molar-refractivity contribution in [1.82, 2.24) is 0 Å². The summed E-state index contributed by atoms with van der Waals surface area (Å²) in [5.74, 6) is 0. The zero-order chi connectivity index (χ0) is 26.0. The molecule has 0 aromatic carbocycles. The van der Waals surface area contributed by atoms with Crippen LogP contribution in [0, 0.1) is 31.1 Å². The molecular formula is C33H86Cl2N4UW+2. The van der Waals surface area contributed by atoms with Crippen molar-refractivity contribution in [3.63, 3.8) is 0 Å². The first-order chi connectivity index (χ1) is 15.2. The Hall–Kier alpha value is 2.16.